The van der Waals surface area contributed by atoms with E-state index in [0.717, 1.165) is 29.3 Å². The summed E-state index contributed by atoms with van der Waals surface area (Å²) in [6.07, 6.45) is 3.88. The quantitative estimate of drug-likeness (QED) is 0.189. The lowest BCUT2D eigenvalue weighted by Gasteiger charge is -2.30. The first-order chi connectivity index (χ1) is 22.8. The van der Waals surface area contributed by atoms with E-state index < -0.39 is 6.17 Å². The van der Waals surface area contributed by atoms with Gasteiger partial charge in [-0.1, -0.05) is 66.2 Å². The van der Waals surface area contributed by atoms with E-state index in [2.05, 4.69) is 22.0 Å². The number of carbonyl (C=O) groups excluding carboxylic acids is 3. The van der Waals surface area contributed by atoms with Crippen LogP contribution in [0.4, 0.5) is 10.1 Å². The van der Waals surface area contributed by atoms with E-state index in [1.54, 1.807) is 23.1 Å². The van der Waals surface area contributed by atoms with Gasteiger partial charge in [0.2, 0.25) is 5.91 Å². The molecule has 2 fully saturated rings. The molecule has 2 atom stereocenters. The number of para-hydroxylation sites is 1. The van der Waals surface area contributed by atoms with Crippen LogP contribution in [0.15, 0.2) is 79.0 Å². The SMILES string of the molecule is COC(=O)C1CCC(OC[C@@H]2C[C@H](F)CN2C(=O)Cc2ccc(NC(=O)c3cn(Cc4ccccc4)c4ccccc34)c(Cl)c2)CC1. The van der Waals surface area contributed by atoms with E-state index in [9.17, 15) is 18.8 Å². The molecule has 47 heavy (non-hydrogen) atoms. The van der Waals surface area contributed by atoms with E-state index in [1.807, 2.05) is 48.7 Å². The molecule has 10 heteroatoms. The molecule has 246 valence electrons. The van der Waals surface area contributed by atoms with Crippen LogP contribution in [0.2, 0.25) is 5.02 Å². The Morgan fingerprint density at radius 2 is 1.70 bits per heavy atom. The molecular weight excluding hydrogens is 621 g/mol. The third-order valence-corrected chi connectivity index (χ3v) is 9.60. The van der Waals surface area contributed by atoms with Crippen LogP contribution in [0, 0.1) is 5.92 Å². The van der Waals surface area contributed by atoms with Gasteiger partial charge in [-0.2, -0.15) is 0 Å². The number of likely N-dealkylation sites (tertiary alicyclic amines) is 1. The Kier molecular flexibility index (Phi) is 10.2. The van der Waals surface area contributed by atoms with Gasteiger partial charge in [-0.15, -0.1) is 0 Å². The Morgan fingerprint density at radius 3 is 2.45 bits per heavy atom. The second-order valence-corrected chi connectivity index (χ2v) is 12.9. The van der Waals surface area contributed by atoms with Crippen molar-refractivity contribution in [3.8, 4) is 0 Å². The minimum absolute atomic E-state index is 0.0199. The molecule has 1 aromatic heterocycles. The fourth-order valence-corrected chi connectivity index (χ4v) is 7.03. The van der Waals surface area contributed by atoms with Crippen LogP contribution >= 0.6 is 11.6 Å². The van der Waals surface area contributed by atoms with Crippen LogP contribution in [0.25, 0.3) is 10.9 Å². The van der Waals surface area contributed by atoms with Crippen molar-refractivity contribution >= 4 is 46.0 Å². The van der Waals surface area contributed by atoms with Crippen LogP contribution in [-0.2, 0) is 32.0 Å². The highest BCUT2D eigenvalue weighted by Gasteiger charge is 2.36. The standard InChI is InChI=1S/C37H39ClFN3O5/c1-46-37(45)26-12-14-29(15-13-26)47-23-28-19-27(39)21-42(28)35(43)18-25-11-16-33(32(38)17-25)40-36(44)31-22-41(20-24-7-3-2-4-8-24)34-10-6-5-9-30(31)34/h2-11,16-17,22,26-29H,12-15,18-21,23H2,1H3,(H,40,44)/t26?,27-,28-,29?/m0/s1. The fourth-order valence-electron chi connectivity index (χ4n) is 6.78. The van der Waals surface area contributed by atoms with Crippen molar-refractivity contribution < 1.29 is 28.2 Å². The van der Waals surface area contributed by atoms with Gasteiger partial charge in [0.1, 0.15) is 6.17 Å². The van der Waals surface area contributed by atoms with Gasteiger partial charge >= 0.3 is 5.97 Å². The maximum Gasteiger partial charge on any atom is 0.308 e. The molecule has 4 aromatic rings. The average Bonchev–Trinajstić information content (AvgIpc) is 3.65. The monoisotopic (exact) mass is 659 g/mol. The molecule has 1 N–H and O–H groups in total. The summed E-state index contributed by atoms with van der Waals surface area (Å²) in [6.45, 7) is 0.915. The number of aromatic nitrogens is 1. The van der Waals surface area contributed by atoms with E-state index >= 15 is 0 Å². The van der Waals surface area contributed by atoms with Crippen LogP contribution < -0.4 is 5.32 Å². The number of fused-ring (bicyclic) bond motifs is 1. The van der Waals surface area contributed by atoms with Gasteiger partial charge in [-0.25, -0.2) is 4.39 Å². The number of nitrogens with zero attached hydrogens (tertiary/aromatic N) is 2. The molecule has 3 aromatic carbocycles. The molecule has 0 spiro atoms. The van der Waals surface area contributed by atoms with Crippen molar-refractivity contribution in [3.63, 3.8) is 0 Å². The van der Waals surface area contributed by atoms with Gasteiger partial charge in [0.05, 0.1) is 61.0 Å². The van der Waals surface area contributed by atoms with Crippen LogP contribution in [0.1, 0.15) is 53.6 Å². The maximum absolute atomic E-state index is 14.5. The topological polar surface area (TPSA) is 89.9 Å². The Morgan fingerprint density at radius 1 is 0.957 bits per heavy atom. The first-order valence-corrected chi connectivity index (χ1v) is 16.5. The Labute approximate surface area is 278 Å². The lowest BCUT2D eigenvalue weighted by Crippen LogP contribution is -2.40. The molecule has 1 saturated heterocycles. The number of rotatable bonds is 10. The first kappa shape index (κ1) is 32.7. The van der Waals surface area contributed by atoms with Crippen LogP contribution in [-0.4, -0.2) is 65.8 Å². The Balaban J connectivity index is 1.07. The lowest BCUT2D eigenvalue weighted by molar-refractivity contribution is -0.148. The molecule has 2 amide bonds. The number of benzene rings is 3. The van der Waals surface area contributed by atoms with Crippen molar-refractivity contribution in [1.82, 2.24) is 9.47 Å². The minimum atomic E-state index is -1.11. The highest BCUT2D eigenvalue weighted by atomic mass is 35.5. The fraction of sp³-hybridized carbons (Fsp3) is 0.378. The minimum Gasteiger partial charge on any atom is -0.469 e. The van der Waals surface area contributed by atoms with Gasteiger partial charge in [0.15, 0.2) is 0 Å². The lowest BCUT2D eigenvalue weighted by atomic mass is 9.87. The van der Waals surface area contributed by atoms with Gasteiger partial charge in [-0.05, 0) is 55.0 Å². The van der Waals surface area contributed by atoms with Gasteiger partial charge in [0.25, 0.3) is 5.91 Å². The van der Waals surface area contributed by atoms with E-state index in [1.165, 1.54) is 7.11 Å². The van der Waals surface area contributed by atoms with E-state index in [4.69, 9.17) is 21.1 Å². The summed E-state index contributed by atoms with van der Waals surface area (Å²) in [5.41, 5.74) is 3.72. The Hall–Kier alpha value is -4.21. The van der Waals surface area contributed by atoms with Gasteiger partial charge < -0.3 is 24.3 Å². The summed E-state index contributed by atoms with van der Waals surface area (Å²) in [6, 6.07) is 22.6. The predicted octanol–water partition coefficient (Wildman–Crippen LogP) is 6.83. The smallest absolute Gasteiger partial charge is 0.308 e. The number of amides is 2. The van der Waals surface area contributed by atoms with Gasteiger partial charge in [0, 0.05) is 30.1 Å². The molecule has 2 heterocycles. The van der Waals surface area contributed by atoms with Gasteiger partial charge in [-0.3, -0.25) is 14.4 Å². The number of esters is 1. The molecular formula is C37H39ClFN3O5. The number of anilines is 1. The molecule has 6 rings (SSSR count). The summed E-state index contributed by atoms with van der Waals surface area (Å²) in [4.78, 5) is 40.2. The summed E-state index contributed by atoms with van der Waals surface area (Å²) < 4.78 is 27.5. The van der Waals surface area contributed by atoms with Crippen molar-refractivity contribution in [2.24, 2.45) is 5.92 Å². The number of nitrogens with one attached hydrogen (secondary N) is 1. The number of halogens is 2. The normalized spacial score (nSPS) is 21.1. The predicted molar refractivity (Wildman–Crippen MR) is 179 cm³/mol. The zero-order valence-electron chi connectivity index (χ0n) is 26.4. The van der Waals surface area contributed by atoms with E-state index in [0.29, 0.717) is 41.2 Å². The van der Waals surface area contributed by atoms with Crippen molar-refractivity contribution in [1.29, 1.82) is 0 Å². The number of carbonyl (C=O) groups is 3. The van der Waals surface area contributed by atoms with Crippen molar-refractivity contribution in [2.45, 2.75) is 63.4 Å². The highest BCUT2D eigenvalue weighted by Crippen LogP contribution is 2.30. The number of methoxy groups -OCH3 is 1. The molecule has 0 radical (unpaired) electrons. The molecule has 1 aliphatic heterocycles. The van der Waals surface area contributed by atoms with Crippen LogP contribution in [0.5, 0.6) is 0 Å². The largest absolute Gasteiger partial charge is 0.469 e. The average molecular weight is 660 g/mol. The molecule has 0 unspecified atom stereocenters. The zero-order valence-corrected chi connectivity index (χ0v) is 27.1. The second kappa shape index (κ2) is 14.7. The number of hydrogen-bond donors (Lipinski definition) is 1. The molecule has 0 bridgehead atoms. The highest BCUT2D eigenvalue weighted by molar-refractivity contribution is 6.34. The zero-order chi connectivity index (χ0) is 32.9. The second-order valence-electron chi connectivity index (χ2n) is 12.5. The number of alkyl halides is 1. The Bertz CT molecular complexity index is 1740. The molecule has 2 aliphatic rings. The summed E-state index contributed by atoms with van der Waals surface area (Å²) in [5, 5.41) is 4.08. The van der Waals surface area contributed by atoms with E-state index in [-0.39, 0.29) is 61.8 Å². The summed E-state index contributed by atoms with van der Waals surface area (Å²) in [7, 11) is 1.40. The number of hydrogen-bond acceptors (Lipinski definition) is 5. The first-order valence-electron chi connectivity index (χ1n) is 16.1. The summed E-state index contributed by atoms with van der Waals surface area (Å²) >= 11 is 6.61. The third-order valence-electron chi connectivity index (χ3n) is 9.28. The van der Waals surface area contributed by atoms with Crippen LogP contribution in [0.3, 0.4) is 0 Å². The van der Waals surface area contributed by atoms with Crippen molar-refractivity contribution in [3.05, 3.63) is 101 Å². The van der Waals surface area contributed by atoms with Crippen molar-refractivity contribution in [2.75, 3.05) is 25.6 Å². The molecule has 1 aliphatic carbocycles. The maximum atomic E-state index is 14.5. The molecule has 1 saturated carbocycles. The molecule has 8 nitrogen and oxygen atoms in total. The third kappa shape index (κ3) is 7.68. The number of ether oxygens (including phenoxy) is 2. The summed E-state index contributed by atoms with van der Waals surface area (Å²) in [5.74, 6) is -0.772.